The molecular formula is C13H18N2O. The minimum absolute atomic E-state index is 0.0752. The van der Waals surface area contributed by atoms with Gasteiger partial charge in [0.05, 0.1) is 5.69 Å². The molecule has 0 fully saturated rings. The van der Waals surface area contributed by atoms with E-state index in [9.17, 15) is 4.79 Å². The molecule has 0 N–H and O–H groups in total. The van der Waals surface area contributed by atoms with Gasteiger partial charge >= 0.3 is 6.03 Å². The number of carbonyl (C=O) groups is 1. The number of para-hydroxylation sites is 1. The van der Waals surface area contributed by atoms with Gasteiger partial charge in [0.15, 0.2) is 0 Å². The van der Waals surface area contributed by atoms with Gasteiger partial charge < -0.3 is 4.90 Å². The minimum atomic E-state index is -0.140. The van der Waals surface area contributed by atoms with Gasteiger partial charge in [-0.15, -0.1) is 0 Å². The van der Waals surface area contributed by atoms with E-state index in [-0.39, 0.29) is 11.6 Å². The SMILES string of the molecule is CN1C(=O)N(C(C)(C)C)Cc2ccccc21. The molecule has 1 aromatic carbocycles. The van der Waals surface area contributed by atoms with E-state index in [0.29, 0.717) is 6.54 Å². The van der Waals surface area contributed by atoms with E-state index in [1.165, 1.54) is 5.56 Å². The molecule has 1 aromatic rings. The smallest absolute Gasteiger partial charge is 0.315 e. The third-order valence-corrected chi connectivity index (χ3v) is 3.01. The van der Waals surface area contributed by atoms with Gasteiger partial charge in [0.25, 0.3) is 0 Å². The van der Waals surface area contributed by atoms with Crippen LogP contribution < -0.4 is 4.90 Å². The molecule has 0 aromatic heterocycles. The van der Waals surface area contributed by atoms with E-state index in [0.717, 1.165) is 5.69 Å². The van der Waals surface area contributed by atoms with E-state index >= 15 is 0 Å². The van der Waals surface area contributed by atoms with Crippen LogP contribution in [0, 0.1) is 0 Å². The molecule has 0 spiro atoms. The Labute approximate surface area is 96.7 Å². The molecule has 2 amide bonds. The summed E-state index contributed by atoms with van der Waals surface area (Å²) >= 11 is 0. The molecule has 2 rings (SSSR count). The summed E-state index contributed by atoms with van der Waals surface area (Å²) in [6.45, 7) is 6.88. The number of hydrogen-bond donors (Lipinski definition) is 0. The molecule has 3 nitrogen and oxygen atoms in total. The van der Waals surface area contributed by atoms with E-state index in [2.05, 4.69) is 26.8 Å². The first-order chi connectivity index (χ1) is 7.41. The van der Waals surface area contributed by atoms with Crippen LogP contribution in [-0.2, 0) is 6.54 Å². The van der Waals surface area contributed by atoms with Crippen LogP contribution >= 0.6 is 0 Å². The van der Waals surface area contributed by atoms with Gasteiger partial charge in [-0.2, -0.15) is 0 Å². The molecule has 1 aliphatic heterocycles. The summed E-state index contributed by atoms with van der Waals surface area (Å²) in [5, 5.41) is 0. The standard InChI is InChI=1S/C13H18N2O/c1-13(2,3)15-9-10-7-5-6-8-11(10)14(4)12(15)16/h5-8H,9H2,1-4H3. The van der Waals surface area contributed by atoms with Crippen molar-refractivity contribution in [2.45, 2.75) is 32.9 Å². The van der Waals surface area contributed by atoms with Crippen molar-refractivity contribution in [2.24, 2.45) is 0 Å². The zero-order chi connectivity index (χ0) is 11.9. The lowest BCUT2D eigenvalue weighted by Crippen LogP contribution is -2.53. The Morgan fingerprint density at radius 2 is 1.81 bits per heavy atom. The highest BCUT2D eigenvalue weighted by Crippen LogP contribution is 2.30. The van der Waals surface area contributed by atoms with Crippen LogP contribution in [0.1, 0.15) is 26.3 Å². The topological polar surface area (TPSA) is 23.6 Å². The van der Waals surface area contributed by atoms with E-state index in [1.54, 1.807) is 4.90 Å². The zero-order valence-corrected chi connectivity index (χ0v) is 10.3. The number of fused-ring (bicyclic) bond motifs is 1. The second kappa shape index (κ2) is 3.51. The van der Waals surface area contributed by atoms with Crippen LogP contribution in [0.2, 0.25) is 0 Å². The van der Waals surface area contributed by atoms with Crippen LogP contribution in [0.15, 0.2) is 24.3 Å². The summed E-state index contributed by atoms with van der Waals surface area (Å²) < 4.78 is 0. The largest absolute Gasteiger partial charge is 0.324 e. The molecule has 0 saturated carbocycles. The highest BCUT2D eigenvalue weighted by Gasteiger charge is 2.34. The van der Waals surface area contributed by atoms with Gasteiger partial charge in [0.2, 0.25) is 0 Å². The van der Waals surface area contributed by atoms with Gasteiger partial charge in [-0.25, -0.2) is 4.79 Å². The van der Waals surface area contributed by atoms with E-state index < -0.39 is 0 Å². The normalized spacial score (nSPS) is 16.4. The predicted molar refractivity (Wildman–Crippen MR) is 65.5 cm³/mol. The first-order valence-electron chi connectivity index (χ1n) is 5.54. The summed E-state index contributed by atoms with van der Waals surface area (Å²) in [7, 11) is 1.83. The summed E-state index contributed by atoms with van der Waals surface area (Å²) in [5.41, 5.74) is 2.09. The average Bonchev–Trinajstić information content (AvgIpc) is 2.22. The first kappa shape index (κ1) is 11.0. The number of urea groups is 1. The van der Waals surface area contributed by atoms with E-state index in [4.69, 9.17) is 0 Å². The van der Waals surface area contributed by atoms with Crippen molar-refractivity contribution in [2.75, 3.05) is 11.9 Å². The summed E-state index contributed by atoms with van der Waals surface area (Å²) in [6, 6.07) is 8.13. The Hall–Kier alpha value is -1.51. The Kier molecular flexibility index (Phi) is 2.41. The molecule has 86 valence electrons. The van der Waals surface area contributed by atoms with Gasteiger partial charge in [-0.1, -0.05) is 18.2 Å². The summed E-state index contributed by atoms with van der Waals surface area (Å²) in [6.07, 6.45) is 0. The quantitative estimate of drug-likeness (QED) is 0.656. The number of nitrogens with zero attached hydrogens (tertiary/aromatic N) is 2. The second-order valence-corrected chi connectivity index (χ2v) is 5.23. The molecule has 0 unspecified atom stereocenters. The number of carbonyl (C=O) groups excluding carboxylic acids is 1. The maximum atomic E-state index is 12.2. The zero-order valence-electron chi connectivity index (χ0n) is 10.3. The molecule has 16 heavy (non-hydrogen) atoms. The van der Waals surface area contributed by atoms with E-state index in [1.807, 2.05) is 30.1 Å². The van der Waals surface area contributed by atoms with Gasteiger partial charge in [0, 0.05) is 19.1 Å². The lowest BCUT2D eigenvalue weighted by atomic mass is 10.0. The Balaban J connectivity index is 2.44. The maximum absolute atomic E-state index is 12.2. The Morgan fingerprint density at radius 1 is 1.19 bits per heavy atom. The van der Waals surface area contributed by atoms with Crippen molar-refractivity contribution in [1.82, 2.24) is 4.90 Å². The molecule has 0 aliphatic carbocycles. The molecule has 0 bridgehead atoms. The van der Waals surface area contributed by atoms with Crippen molar-refractivity contribution >= 4 is 11.7 Å². The fourth-order valence-corrected chi connectivity index (χ4v) is 2.02. The monoisotopic (exact) mass is 218 g/mol. The number of hydrogen-bond acceptors (Lipinski definition) is 1. The van der Waals surface area contributed by atoms with Gasteiger partial charge in [-0.3, -0.25) is 4.90 Å². The fraction of sp³-hybridized carbons (Fsp3) is 0.462. The lowest BCUT2D eigenvalue weighted by Gasteiger charge is -2.42. The summed E-state index contributed by atoms with van der Waals surface area (Å²) in [4.78, 5) is 15.8. The van der Waals surface area contributed by atoms with Crippen molar-refractivity contribution in [3.05, 3.63) is 29.8 Å². The Morgan fingerprint density at radius 3 is 2.44 bits per heavy atom. The fourth-order valence-electron chi connectivity index (χ4n) is 2.02. The molecule has 1 heterocycles. The number of benzene rings is 1. The van der Waals surface area contributed by atoms with Crippen molar-refractivity contribution in [3.63, 3.8) is 0 Å². The van der Waals surface area contributed by atoms with Crippen LogP contribution in [0.3, 0.4) is 0 Å². The number of amides is 2. The van der Waals surface area contributed by atoms with Gasteiger partial charge in [0.1, 0.15) is 0 Å². The molecule has 0 radical (unpaired) electrons. The second-order valence-electron chi connectivity index (χ2n) is 5.23. The molecule has 0 atom stereocenters. The van der Waals surface area contributed by atoms with Gasteiger partial charge in [-0.05, 0) is 32.4 Å². The highest BCUT2D eigenvalue weighted by molar-refractivity contribution is 5.94. The summed E-state index contributed by atoms with van der Waals surface area (Å²) in [5.74, 6) is 0. The first-order valence-corrected chi connectivity index (χ1v) is 5.54. The molecular weight excluding hydrogens is 200 g/mol. The molecule has 1 aliphatic rings. The molecule has 3 heteroatoms. The van der Waals surface area contributed by atoms with Crippen molar-refractivity contribution < 1.29 is 4.79 Å². The average molecular weight is 218 g/mol. The van der Waals surface area contributed by atoms with Crippen LogP contribution in [-0.4, -0.2) is 23.5 Å². The predicted octanol–water partition coefficient (Wildman–Crippen LogP) is 2.86. The van der Waals surface area contributed by atoms with Crippen molar-refractivity contribution in [1.29, 1.82) is 0 Å². The number of rotatable bonds is 0. The maximum Gasteiger partial charge on any atom is 0.324 e. The third-order valence-electron chi connectivity index (χ3n) is 3.01. The highest BCUT2D eigenvalue weighted by atomic mass is 16.2. The lowest BCUT2D eigenvalue weighted by molar-refractivity contribution is 0.143. The third kappa shape index (κ3) is 1.66. The van der Waals surface area contributed by atoms with Crippen LogP contribution in [0.5, 0.6) is 0 Å². The van der Waals surface area contributed by atoms with Crippen LogP contribution in [0.25, 0.3) is 0 Å². The van der Waals surface area contributed by atoms with Crippen molar-refractivity contribution in [3.8, 4) is 0 Å². The Bertz CT molecular complexity index is 420. The minimum Gasteiger partial charge on any atom is -0.315 e. The number of anilines is 1. The van der Waals surface area contributed by atoms with Crippen LogP contribution in [0.4, 0.5) is 10.5 Å². The molecule has 0 saturated heterocycles.